The van der Waals surface area contributed by atoms with Crippen molar-refractivity contribution in [3.05, 3.63) is 0 Å². The molecule has 3 N–H and O–H groups in total. The van der Waals surface area contributed by atoms with E-state index >= 15 is 0 Å². The van der Waals surface area contributed by atoms with Crippen LogP contribution in [0.15, 0.2) is 0 Å². The molecule has 0 aliphatic carbocycles. The molecule has 0 aromatic rings. The molecule has 0 bridgehead atoms. The summed E-state index contributed by atoms with van der Waals surface area (Å²) >= 11 is 0. The summed E-state index contributed by atoms with van der Waals surface area (Å²) in [5.74, 6) is 0. The number of aliphatic hydroxyl groups excluding tert-OH is 1. The number of hydrogen-bond acceptors (Lipinski definition) is 3. The maximum atomic E-state index is 11.4. The Bertz CT molecular complexity index is 64.0. The number of hydrogen-bond donors (Lipinski definition) is 3. The average Bonchev–Trinajstić information content (AvgIpc) is 1.90. The highest BCUT2D eigenvalue weighted by molar-refractivity contribution is 5.95. The summed E-state index contributed by atoms with van der Waals surface area (Å²) in [5.41, 5.74) is 0. The van der Waals surface area contributed by atoms with Crippen LogP contribution in [0.25, 0.3) is 0 Å². The van der Waals surface area contributed by atoms with E-state index in [2.05, 4.69) is 0 Å². The molecule has 0 fully saturated rings. The van der Waals surface area contributed by atoms with E-state index < -0.39 is 18.9 Å². The van der Waals surface area contributed by atoms with Crippen molar-refractivity contribution in [2.24, 2.45) is 0 Å². The van der Waals surface area contributed by atoms with Crippen LogP contribution >= 0.6 is 0 Å². The molecule has 0 aliphatic heterocycles. The molecule has 7 heteroatoms. The van der Waals surface area contributed by atoms with Gasteiger partial charge in [0.25, 0.3) is 6.43 Å². The molecule has 0 aromatic heterocycles. The largest absolute Gasteiger partial charge is 0.442 e. The van der Waals surface area contributed by atoms with Gasteiger partial charge < -0.3 is 15.0 Å². The quantitative estimate of drug-likeness (QED) is 0.344. The molecule has 0 aliphatic rings. The van der Waals surface area contributed by atoms with E-state index in [4.69, 9.17) is 15.0 Å². The van der Waals surface area contributed by atoms with Gasteiger partial charge in [0.15, 0.2) is 6.29 Å². The maximum absolute atomic E-state index is 11.4. The Morgan fingerprint density at radius 1 is 1.00 bits per heavy atom. The summed E-state index contributed by atoms with van der Waals surface area (Å²) in [6.07, 6.45) is -8.75. The zero-order chi connectivity index (χ0) is 8.73. The van der Waals surface area contributed by atoms with Gasteiger partial charge in [0.05, 0.1) is 0 Å². The lowest BCUT2D eigenvalue weighted by Gasteiger charge is -2.06. The Morgan fingerprint density at radius 3 is 1.30 bits per heavy atom. The molecule has 0 radical (unpaired) electrons. The SMILES string of the molecule is OC(O)C(F)C(F)F.O[SiH3]. The normalized spacial score (nSPS) is 13.2. The summed E-state index contributed by atoms with van der Waals surface area (Å²) in [6, 6.07) is 0. The van der Waals surface area contributed by atoms with Crippen molar-refractivity contribution in [2.75, 3.05) is 0 Å². The third-order valence-electron chi connectivity index (χ3n) is 0.526. The van der Waals surface area contributed by atoms with E-state index in [1.807, 2.05) is 0 Å². The fraction of sp³-hybridized carbons (Fsp3) is 1.00. The predicted molar refractivity (Wildman–Crippen MR) is 31.3 cm³/mol. The van der Waals surface area contributed by atoms with E-state index in [0.29, 0.717) is 10.5 Å². The molecule has 0 rings (SSSR count). The van der Waals surface area contributed by atoms with Gasteiger partial charge in [0.2, 0.25) is 6.17 Å². The van der Waals surface area contributed by atoms with Gasteiger partial charge in [-0.2, -0.15) is 0 Å². The number of alkyl halides is 3. The Morgan fingerprint density at radius 2 is 1.30 bits per heavy atom. The third-order valence-corrected chi connectivity index (χ3v) is 0.526. The van der Waals surface area contributed by atoms with Gasteiger partial charge >= 0.3 is 0 Å². The zero-order valence-corrected chi connectivity index (χ0v) is 7.21. The van der Waals surface area contributed by atoms with Crippen molar-refractivity contribution in [2.45, 2.75) is 18.9 Å². The molecule has 1 atom stereocenters. The molecule has 0 saturated carbocycles. The smallest absolute Gasteiger partial charge is 0.274 e. The summed E-state index contributed by atoms with van der Waals surface area (Å²) in [5, 5.41) is 15.4. The molecule has 0 amide bonds. The highest BCUT2D eigenvalue weighted by atomic mass is 28.2. The lowest BCUT2D eigenvalue weighted by atomic mass is 10.4. The van der Waals surface area contributed by atoms with E-state index in [0.717, 1.165) is 0 Å². The second-order valence-electron chi connectivity index (χ2n) is 1.19. The summed E-state index contributed by atoms with van der Waals surface area (Å²) in [7, 11) is 0.306. The standard InChI is InChI=1S/C3H5F3O2.H4OSi/c4-1(2(5)6)3(7)8;1-2/h1-3,7-8H;1H,2H3. The fourth-order valence-electron chi connectivity index (χ4n) is 0.130. The Balaban J connectivity index is 0. The van der Waals surface area contributed by atoms with Crippen LogP contribution in [0.4, 0.5) is 13.2 Å². The Hall–Kier alpha value is -0.113. The van der Waals surface area contributed by atoms with Gasteiger partial charge in [0.1, 0.15) is 10.5 Å². The molecule has 0 saturated heterocycles. The first-order valence-corrected chi connectivity index (χ1v) is 3.18. The van der Waals surface area contributed by atoms with E-state index in [9.17, 15) is 13.2 Å². The topological polar surface area (TPSA) is 60.7 Å². The number of halogens is 3. The van der Waals surface area contributed by atoms with Crippen molar-refractivity contribution < 1.29 is 28.2 Å². The first-order chi connectivity index (χ1) is 4.55. The summed E-state index contributed by atoms with van der Waals surface area (Å²) in [4.78, 5) is 7.14. The first kappa shape index (κ1) is 12.6. The summed E-state index contributed by atoms with van der Waals surface area (Å²) in [6.45, 7) is 0. The molecular weight excluding hydrogens is 169 g/mol. The van der Waals surface area contributed by atoms with Crippen LogP contribution in [-0.4, -0.2) is 44.4 Å². The summed E-state index contributed by atoms with van der Waals surface area (Å²) < 4.78 is 33.4. The van der Waals surface area contributed by atoms with Crippen molar-refractivity contribution in [3.8, 4) is 0 Å². The molecule has 0 aromatic carbocycles. The maximum Gasteiger partial charge on any atom is 0.274 e. The van der Waals surface area contributed by atoms with Gasteiger partial charge in [-0.1, -0.05) is 0 Å². The van der Waals surface area contributed by atoms with Crippen LogP contribution in [0.2, 0.25) is 0 Å². The van der Waals surface area contributed by atoms with Gasteiger partial charge in [-0.05, 0) is 0 Å². The third kappa shape index (κ3) is 6.01. The lowest BCUT2D eigenvalue weighted by Crippen LogP contribution is -2.27. The number of aliphatic hydroxyl groups is 2. The van der Waals surface area contributed by atoms with Crippen molar-refractivity contribution >= 4 is 10.5 Å². The monoisotopic (exact) mass is 178 g/mol. The minimum absolute atomic E-state index is 0.306. The molecular formula is C3H9F3O3Si. The molecule has 10 heavy (non-hydrogen) atoms. The second-order valence-corrected chi connectivity index (χ2v) is 1.19. The minimum atomic E-state index is -3.32. The average molecular weight is 178 g/mol. The van der Waals surface area contributed by atoms with Crippen molar-refractivity contribution in [1.82, 2.24) is 0 Å². The minimum Gasteiger partial charge on any atom is -0.442 e. The highest BCUT2D eigenvalue weighted by Gasteiger charge is 2.25. The predicted octanol–water partition coefficient (Wildman–Crippen LogP) is -1.84. The molecule has 0 heterocycles. The fourth-order valence-corrected chi connectivity index (χ4v) is 0.130. The van der Waals surface area contributed by atoms with Gasteiger partial charge in [0, 0.05) is 0 Å². The molecule has 1 unspecified atom stereocenters. The van der Waals surface area contributed by atoms with Crippen LogP contribution < -0.4 is 0 Å². The first-order valence-electron chi connectivity index (χ1n) is 2.28. The van der Waals surface area contributed by atoms with Crippen LogP contribution in [0.3, 0.4) is 0 Å². The zero-order valence-electron chi connectivity index (χ0n) is 5.21. The van der Waals surface area contributed by atoms with Crippen LogP contribution in [0.1, 0.15) is 0 Å². The highest BCUT2D eigenvalue weighted by Crippen LogP contribution is 2.07. The van der Waals surface area contributed by atoms with Crippen LogP contribution in [0.5, 0.6) is 0 Å². The van der Waals surface area contributed by atoms with E-state index in [-0.39, 0.29) is 0 Å². The molecule has 0 spiro atoms. The van der Waals surface area contributed by atoms with Gasteiger partial charge in [-0.15, -0.1) is 0 Å². The van der Waals surface area contributed by atoms with Crippen LogP contribution in [0, 0.1) is 0 Å². The Kier molecular flexibility index (Phi) is 8.79. The van der Waals surface area contributed by atoms with Crippen molar-refractivity contribution in [1.29, 1.82) is 0 Å². The van der Waals surface area contributed by atoms with E-state index in [1.54, 1.807) is 0 Å². The van der Waals surface area contributed by atoms with E-state index in [1.165, 1.54) is 0 Å². The Labute approximate surface area is 58.6 Å². The van der Waals surface area contributed by atoms with Gasteiger partial charge in [-0.25, -0.2) is 13.2 Å². The number of rotatable bonds is 2. The van der Waals surface area contributed by atoms with Gasteiger partial charge in [-0.3, -0.25) is 0 Å². The van der Waals surface area contributed by atoms with Crippen molar-refractivity contribution in [3.63, 3.8) is 0 Å². The molecule has 64 valence electrons. The molecule has 3 nitrogen and oxygen atoms in total. The lowest BCUT2D eigenvalue weighted by molar-refractivity contribution is -0.136. The van der Waals surface area contributed by atoms with Crippen LogP contribution in [-0.2, 0) is 0 Å². The second kappa shape index (κ2) is 7.00.